The molecule has 27 heavy (non-hydrogen) atoms. The van der Waals surface area contributed by atoms with Crippen molar-refractivity contribution in [2.24, 2.45) is 0 Å². The van der Waals surface area contributed by atoms with Gasteiger partial charge in [0.2, 0.25) is 0 Å². The lowest BCUT2D eigenvalue weighted by Gasteiger charge is -2.19. The molecule has 4 nitrogen and oxygen atoms in total. The van der Waals surface area contributed by atoms with E-state index in [0.717, 1.165) is 45.0 Å². The highest BCUT2D eigenvalue weighted by molar-refractivity contribution is 6.05. The van der Waals surface area contributed by atoms with Crippen LogP contribution in [0.25, 0.3) is 32.9 Å². The average Bonchev–Trinajstić information content (AvgIpc) is 2.72. The van der Waals surface area contributed by atoms with Gasteiger partial charge in [-0.3, -0.25) is 0 Å². The van der Waals surface area contributed by atoms with Gasteiger partial charge in [-0.2, -0.15) is 0 Å². The first-order valence-corrected chi connectivity index (χ1v) is 8.85. The third-order valence-electron chi connectivity index (χ3n) is 4.82. The van der Waals surface area contributed by atoms with Crippen LogP contribution >= 0.6 is 0 Å². The molecule has 0 saturated heterocycles. The van der Waals surface area contributed by atoms with E-state index in [2.05, 4.69) is 17.1 Å². The van der Waals surface area contributed by atoms with Crippen LogP contribution in [0.1, 0.15) is 19.7 Å². The molecule has 0 aliphatic carbocycles. The van der Waals surface area contributed by atoms with Gasteiger partial charge in [0, 0.05) is 5.39 Å². The zero-order chi connectivity index (χ0) is 19.0. The van der Waals surface area contributed by atoms with Crippen LogP contribution in [0.5, 0.6) is 5.75 Å². The predicted molar refractivity (Wildman–Crippen MR) is 108 cm³/mol. The van der Waals surface area contributed by atoms with Gasteiger partial charge in [-0.15, -0.1) is 0 Å². The lowest BCUT2D eigenvalue weighted by molar-refractivity contribution is -0.111. The van der Waals surface area contributed by atoms with E-state index in [1.807, 2.05) is 62.4 Å². The first-order chi connectivity index (χ1) is 13.0. The summed E-state index contributed by atoms with van der Waals surface area (Å²) in [4.78, 5) is 21.1. The molecule has 1 aromatic heterocycles. The minimum Gasteiger partial charge on any atom is -0.496 e. The Bertz CT molecular complexity index is 1170. The molecule has 0 amide bonds. The quantitative estimate of drug-likeness (QED) is 0.486. The van der Waals surface area contributed by atoms with Crippen molar-refractivity contribution in [3.63, 3.8) is 0 Å². The Morgan fingerprint density at radius 2 is 1.59 bits per heavy atom. The third kappa shape index (κ3) is 2.83. The molecule has 4 aromatic rings. The summed E-state index contributed by atoms with van der Waals surface area (Å²) >= 11 is 0. The predicted octanol–water partition coefficient (Wildman–Crippen LogP) is 4.94. The molecule has 0 fully saturated rings. The minimum absolute atomic E-state index is 0.501. The van der Waals surface area contributed by atoms with Crippen LogP contribution in [0.4, 0.5) is 0 Å². The average molecular weight is 356 g/mol. The highest BCUT2D eigenvalue weighted by atomic mass is 16.5. The van der Waals surface area contributed by atoms with Gasteiger partial charge in [-0.05, 0) is 36.8 Å². The van der Waals surface area contributed by atoms with Crippen molar-refractivity contribution in [2.75, 3.05) is 7.11 Å². The van der Waals surface area contributed by atoms with E-state index in [1.54, 1.807) is 7.11 Å². The summed E-state index contributed by atoms with van der Waals surface area (Å²) in [7, 11) is 1.66. The lowest BCUT2D eigenvalue weighted by atomic mass is 9.93. The SMILES string of the molecule is COc1ccc2ccccc2c1-c1nc(C(C)(C)C=O)nc2ccccc12. The van der Waals surface area contributed by atoms with Crippen molar-refractivity contribution < 1.29 is 9.53 Å². The second kappa shape index (κ2) is 6.47. The topological polar surface area (TPSA) is 52.1 Å². The molecule has 0 radical (unpaired) electrons. The van der Waals surface area contributed by atoms with Crippen molar-refractivity contribution in [2.45, 2.75) is 19.3 Å². The van der Waals surface area contributed by atoms with E-state index in [4.69, 9.17) is 9.72 Å². The molecule has 0 unspecified atom stereocenters. The first kappa shape index (κ1) is 17.2. The van der Waals surface area contributed by atoms with E-state index in [0.29, 0.717) is 5.82 Å². The van der Waals surface area contributed by atoms with Crippen molar-refractivity contribution in [3.05, 3.63) is 66.5 Å². The normalized spacial score (nSPS) is 11.7. The van der Waals surface area contributed by atoms with Crippen LogP contribution in [-0.2, 0) is 10.2 Å². The molecule has 0 atom stereocenters. The number of aldehydes is 1. The fraction of sp³-hybridized carbons (Fsp3) is 0.174. The molecular formula is C23H20N2O2. The van der Waals surface area contributed by atoms with Gasteiger partial charge in [-0.25, -0.2) is 9.97 Å². The maximum absolute atomic E-state index is 11.6. The summed E-state index contributed by atoms with van der Waals surface area (Å²) in [5.74, 6) is 1.24. The molecule has 134 valence electrons. The molecule has 1 heterocycles. The van der Waals surface area contributed by atoms with Gasteiger partial charge >= 0.3 is 0 Å². The van der Waals surface area contributed by atoms with Gasteiger partial charge in [0.1, 0.15) is 17.9 Å². The Morgan fingerprint density at radius 1 is 0.889 bits per heavy atom. The summed E-state index contributed by atoms with van der Waals surface area (Å²) in [5.41, 5.74) is 1.72. The van der Waals surface area contributed by atoms with Crippen molar-refractivity contribution >= 4 is 28.0 Å². The monoisotopic (exact) mass is 356 g/mol. The van der Waals surface area contributed by atoms with Crippen molar-refractivity contribution in [1.29, 1.82) is 0 Å². The lowest BCUT2D eigenvalue weighted by Crippen LogP contribution is -2.22. The molecule has 0 saturated carbocycles. The van der Waals surface area contributed by atoms with Gasteiger partial charge in [-0.1, -0.05) is 48.5 Å². The number of rotatable bonds is 4. The van der Waals surface area contributed by atoms with Gasteiger partial charge in [0.05, 0.1) is 29.3 Å². The number of carbonyl (C=O) groups excluding carboxylic acids is 1. The second-order valence-corrected chi connectivity index (χ2v) is 7.12. The van der Waals surface area contributed by atoms with Crippen molar-refractivity contribution in [1.82, 2.24) is 9.97 Å². The highest BCUT2D eigenvalue weighted by Gasteiger charge is 2.26. The summed E-state index contributed by atoms with van der Waals surface area (Å²) < 4.78 is 5.68. The smallest absolute Gasteiger partial charge is 0.142 e. The van der Waals surface area contributed by atoms with Gasteiger partial charge in [0.25, 0.3) is 0 Å². The van der Waals surface area contributed by atoms with E-state index in [9.17, 15) is 4.79 Å². The summed E-state index contributed by atoms with van der Waals surface area (Å²) in [5, 5.41) is 3.08. The zero-order valence-electron chi connectivity index (χ0n) is 15.6. The molecule has 4 rings (SSSR count). The number of hydrogen-bond donors (Lipinski definition) is 0. The second-order valence-electron chi connectivity index (χ2n) is 7.12. The maximum atomic E-state index is 11.6. The number of fused-ring (bicyclic) bond motifs is 2. The molecule has 0 aliphatic rings. The number of methoxy groups -OCH3 is 1. The largest absolute Gasteiger partial charge is 0.496 e. The Hall–Kier alpha value is -3.27. The number of hydrogen-bond acceptors (Lipinski definition) is 4. The summed E-state index contributed by atoms with van der Waals surface area (Å²) in [6.07, 6.45) is 0.890. The minimum atomic E-state index is -0.781. The molecule has 0 bridgehead atoms. The fourth-order valence-corrected chi connectivity index (χ4v) is 3.27. The van der Waals surface area contributed by atoms with Gasteiger partial charge < -0.3 is 9.53 Å². The van der Waals surface area contributed by atoms with E-state index in [-0.39, 0.29) is 0 Å². The number of ether oxygens (including phenoxy) is 1. The highest BCUT2D eigenvalue weighted by Crippen LogP contribution is 2.39. The number of benzene rings is 3. The van der Waals surface area contributed by atoms with Crippen molar-refractivity contribution in [3.8, 4) is 17.0 Å². The van der Waals surface area contributed by atoms with Crippen LogP contribution in [0.3, 0.4) is 0 Å². The zero-order valence-corrected chi connectivity index (χ0v) is 15.6. The molecule has 0 spiro atoms. The van der Waals surface area contributed by atoms with E-state index < -0.39 is 5.41 Å². The van der Waals surface area contributed by atoms with E-state index in [1.165, 1.54) is 0 Å². The molecule has 0 N–H and O–H groups in total. The number of para-hydroxylation sites is 1. The third-order valence-corrected chi connectivity index (χ3v) is 4.82. The maximum Gasteiger partial charge on any atom is 0.142 e. The van der Waals surface area contributed by atoms with Crippen LogP contribution in [0.15, 0.2) is 60.7 Å². The Labute approximate surface area is 157 Å². The van der Waals surface area contributed by atoms with Crippen LogP contribution < -0.4 is 4.74 Å². The van der Waals surface area contributed by atoms with E-state index >= 15 is 0 Å². The molecule has 3 aromatic carbocycles. The standard InChI is InChI=1S/C23H20N2O2/c1-23(2,14-26)22-24-18-11-7-6-10-17(18)21(25-22)20-16-9-5-4-8-15(16)12-13-19(20)27-3/h4-14H,1-3H3. The van der Waals surface area contributed by atoms with Crippen LogP contribution in [0.2, 0.25) is 0 Å². The number of nitrogens with zero attached hydrogens (tertiary/aromatic N) is 2. The molecule has 4 heteroatoms. The number of carbonyl (C=O) groups is 1. The Morgan fingerprint density at radius 3 is 2.33 bits per heavy atom. The summed E-state index contributed by atoms with van der Waals surface area (Å²) in [6.45, 7) is 3.66. The summed E-state index contributed by atoms with van der Waals surface area (Å²) in [6, 6.07) is 20.0. The van der Waals surface area contributed by atoms with Crippen LogP contribution in [-0.4, -0.2) is 23.4 Å². The fourth-order valence-electron chi connectivity index (χ4n) is 3.27. The molecular weight excluding hydrogens is 336 g/mol. The molecule has 0 aliphatic heterocycles. The Balaban J connectivity index is 2.16. The Kier molecular flexibility index (Phi) is 4.11. The number of aromatic nitrogens is 2. The van der Waals surface area contributed by atoms with Crippen LogP contribution in [0, 0.1) is 0 Å². The van der Waals surface area contributed by atoms with Gasteiger partial charge in [0.15, 0.2) is 0 Å². The first-order valence-electron chi connectivity index (χ1n) is 8.85.